The Morgan fingerprint density at radius 2 is 1.88 bits per heavy atom. The van der Waals surface area contributed by atoms with Gasteiger partial charge in [0.2, 0.25) is 0 Å². The lowest BCUT2D eigenvalue weighted by molar-refractivity contribution is 0.414. The molecule has 6 nitrogen and oxygen atoms in total. The second-order valence-electron chi connectivity index (χ2n) is 5.32. The van der Waals surface area contributed by atoms with Crippen molar-refractivity contribution in [3.63, 3.8) is 0 Å². The summed E-state index contributed by atoms with van der Waals surface area (Å²) in [4.78, 5) is 1.63. The monoisotopic (exact) mass is 320 g/mol. The Morgan fingerprint density at radius 1 is 1.04 bits per heavy atom. The SMILES string of the molecule is COc1ccc(-n2nc3ccc(NCc4ccco4)cc3n2)cc1. The van der Waals surface area contributed by atoms with Crippen molar-refractivity contribution in [3.05, 3.63) is 66.6 Å². The van der Waals surface area contributed by atoms with Gasteiger partial charge in [-0.25, -0.2) is 0 Å². The van der Waals surface area contributed by atoms with E-state index in [0.29, 0.717) is 6.54 Å². The summed E-state index contributed by atoms with van der Waals surface area (Å²) in [5.41, 5.74) is 3.53. The predicted octanol–water partition coefficient (Wildman–Crippen LogP) is 3.63. The van der Waals surface area contributed by atoms with Crippen LogP contribution in [0.3, 0.4) is 0 Å². The highest BCUT2D eigenvalue weighted by Gasteiger charge is 2.06. The smallest absolute Gasteiger partial charge is 0.122 e. The van der Waals surface area contributed by atoms with Crippen LogP contribution in [0.4, 0.5) is 5.69 Å². The summed E-state index contributed by atoms with van der Waals surface area (Å²) in [7, 11) is 1.65. The average molecular weight is 320 g/mol. The molecule has 0 atom stereocenters. The number of rotatable bonds is 5. The number of fused-ring (bicyclic) bond motifs is 1. The van der Waals surface area contributed by atoms with Gasteiger partial charge in [0.1, 0.15) is 22.5 Å². The van der Waals surface area contributed by atoms with Gasteiger partial charge in [0.15, 0.2) is 0 Å². The fraction of sp³-hybridized carbons (Fsp3) is 0.111. The number of nitrogens with zero attached hydrogens (tertiary/aromatic N) is 3. The van der Waals surface area contributed by atoms with E-state index in [2.05, 4.69) is 15.5 Å². The fourth-order valence-electron chi connectivity index (χ4n) is 2.46. The standard InChI is InChI=1S/C18H16N4O2/c1-23-15-7-5-14(6-8-15)22-20-17-9-4-13(11-18(17)21-22)19-12-16-3-2-10-24-16/h2-11,19H,12H2,1H3. The van der Waals surface area contributed by atoms with Gasteiger partial charge in [0.25, 0.3) is 0 Å². The lowest BCUT2D eigenvalue weighted by Crippen LogP contribution is -1.98. The van der Waals surface area contributed by atoms with E-state index in [1.807, 2.05) is 54.6 Å². The predicted molar refractivity (Wildman–Crippen MR) is 91.5 cm³/mol. The quantitative estimate of drug-likeness (QED) is 0.608. The molecule has 0 spiro atoms. The molecule has 0 radical (unpaired) electrons. The van der Waals surface area contributed by atoms with Crippen molar-refractivity contribution in [2.45, 2.75) is 6.54 Å². The zero-order chi connectivity index (χ0) is 16.4. The molecular formula is C18H16N4O2. The zero-order valence-electron chi connectivity index (χ0n) is 13.1. The Labute approximate surface area is 138 Å². The van der Waals surface area contributed by atoms with Gasteiger partial charge in [0.05, 0.1) is 25.6 Å². The first-order valence-corrected chi connectivity index (χ1v) is 7.59. The number of hydrogen-bond acceptors (Lipinski definition) is 5. The molecule has 0 unspecified atom stereocenters. The molecule has 0 bridgehead atoms. The van der Waals surface area contributed by atoms with E-state index < -0.39 is 0 Å². The normalized spacial score (nSPS) is 10.9. The highest BCUT2D eigenvalue weighted by Crippen LogP contribution is 2.19. The summed E-state index contributed by atoms with van der Waals surface area (Å²) in [6, 6.07) is 17.4. The Hall–Kier alpha value is -3.28. The molecule has 4 aromatic rings. The molecule has 0 fully saturated rings. The number of methoxy groups -OCH3 is 1. The van der Waals surface area contributed by atoms with Crippen LogP contribution in [-0.2, 0) is 6.54 Å². The molecule has 0 aliphatic rings. The molecule has 1 N–H and O–H groups in total. The number of furan rings is 1. The molecule has 2 heterocycles. The molecule has 0 saturated heterocycles. The second kappa shape index (κ2) is 6.08. The van der Waals surface area contributed by atoms with Gasteiger partial charge in [-0.05, 0) is 54.6 Å². The fourth-order valence-corrected chi connectivity index (χ4v) is 2.46. The summed E-state index contributed by atoms with van der Waals surface area (Å²) < 4.78 is 10.5. The van der Waals surface area contributed by atoms with Gasteiger partial charge in [-0.3, -0.25) is 0 Å². The van der Waals surface area contributed by atoms with Crippen molar-refractivity contribution in [2.75, 3.05) is 12.4 Å². The molecule has 0 amide bonds. The third kappa shape index (κ3) is 2.81. The van der Waals surface area contributed by atoms with Crippen molar-refractivity contribution in [3.8, 4) is 11.4 Å². The molecule has 4 rings (SSSR count). The van der Waals surface area contributed by atoms with E-state index in [9.17, 15) is 0 Å². The van der Waals surface area contributed by atoms with E-state index in [1.54, 1.807) is 18.2 Å². The summed E-state index contributed by atoms with van der Waals surface area (Å²) in [5, 5.41) is 12.4. The zero-order valence-corrected chi connectivity index (χ0v) is 13.1. The first kappa shape index (κ1) is 14.3. The molecular weight excluding hydrogens is 304 g/mol. The molecule has 0 saturated carbocycles. The van der Waals surface area contributed by atoms with Gasteiger partial charge in [-0.15, -0.1) is 10.2 Å². The highest BCUT2D eigenvalue weighted by molar-refractivity contribution is 5.78. The van der Waals surface area contributed by atoms with Gasteiger partial charge in [0, 0.05) is 5.69 Å². The van der Waals surface area contributed by atoms with Crippen LogP contribution in [0, 0.1) is 0 Å². The number of nitrogens with one attached hydrogen (secondary N) is 1. The first-order chi connectivity index (χ1) is 11.8. The number of ether oxygens (including phenoxy) is 1. The minimum atomic E-state index is 0.630. The van der Waals surface area contributed by atoms with E-state index >= 15 is 0 Å². The minimum Gasteiger partial charge on any atom is -0.497 e. The van der Waals surface area contributed by atoms with Crippen LogP contribution in [0.1, 0.15) is 5.76 Å². The van der Waals surface area contributed by atoms with Gasteiger partial charge < -0.3 is 14.5 Å². The number of aromatic nitrogens is 3. The van der Waals surface area contributed by atoms with Crippen molar-refractivity contribution in [1.82, 2.24) is 15.0 Å². The highest BCUT2D eigenvalue weighted by atomic mass is 16.5. The molecule has 6 heteroatoms. The second-order valence-corrected chi connectivity index (χ2v) is 5.32. The minimum absolute atomic E-state index is 0.630. The first-order valence-electron chi connectivity index (χ1n) is 7.59. The maximum atomic E-state index is 5.32. The van der Waals surface area contributed by atoms with Crippen LogP contribution in [0.15, 0.2) is 65.3 Å². The lowest BCUT2D eigenvalue weighted by atomic mass is 10.2. The summed E-state index contributed by atoms with van der Waals surface area (Å²) in [6.45, 7) is 0.630. The number of anilines is 1. The Bertz CT molecular complexity index is 943. The third-order valence-electron chi connectivity index (χ3n) is 3.73. The topological polar surface area (TPSA) is 65.1 Å². The van der Waals surface area contributed by atoms with Gasteiger partial charge in [-0.2, -0.15) is 4.80 Å². The van der Waals surface area contributed by atoms with E-state index in [4.69, 9.17) is 9.15 Å². The van der Waals surface area contributed by atoms with Crippen molar-refractivity contribution < 1.29 is 9.15 Å². The van der Waals surface area contributed by atoms with Crippen LogP contribution in [-0.4, -0.2) is 22.1 Å². The molecule has 120 valence electrons. The number of hydrogen-bond donors (Lipinski definition) is 1. The molecule has 0 aliphatic carbocycles. The van der Waals surface area contributed by atoms with Crippen LogP contribution in [0.2, 0.25) is 0 Å². The van der Waals surface area contributed by atoms with Crippen molar-refractivity contribution in [1.29, 1.82) is 0 Å². The summed E-state index contributed by atoms with van der Waals surface area (Å²) in [6.07, 6.45) is 1.67. The summed E-state index contributed by atoms with van der Waals surface area (Å²) >= 11 is 0. The lowest BCUT2D eigenvalue weighted by Gasteiger charge is -2.03. The molecule has 2 aromatic heterocycles. The maximum Gasteiger partial charge on any atom is 0.122 e. The van der Waals surface area contributed by atoms with Crippen molar-refractivity contribution in [2.24, 2.45) is 0 Å². The average Bonchev–Trinajstić information content (AvgIpc) is 3.29. The van der Waals surface area contributed by atoms with Crippen LogP contribution in [0.5, 0.6) is 5.75 Å². The van der Waals surface area contributed by atoms with E-state index in [-0.39, 0.29) is 0 Å². The van der Waals surface area contributed by atoms with Crippen LogP contribution >= 0.6 is 0 Å². The molecule has 24 heavy (non-hydrogen) atoms. The molecule has 0 aliphatic heterocycles. The third-order valence-corrected chi connectivity index (χ3v) is 3.73. The largest absolute Gasteiger partial charge is 0.497 e. The molecule has 2 aromatic carbocycles. The Morgan fingerprint density at radius 3 is 2.62 bits per heavy atom. The maximum absolute atomic E-state index is 5.32. The van der Waals surface area contributed by atoms with Gasteiger partial charge in [-0.1, -0.05) is 0 Å². The van der Waals surface area contributed by atoms with E-state index in [1.165, 1.54) is 0 Å². The summed E-state index contributed by atoms with van der Waals surface area (Å²) in [5.74, 6) is 1.69. The Kier molecular flexibility index (Phi) is 3.63. The Balaban J connectivity index is 1.58. The van der Waals surface area contributed by atoms with Crippen molar-refractivity contribution >= 4 is 16.7 Å². The van der Waals surface area contributed by atoms with Crippen LogP contribution < -0.4 is 10.1 Å². The van der Waals surface area contributed by atoms with Gasteiger partial charge >= 0.3 is 0 Å². The number of benzene rings is 2. The van der Waals surface area contributed by atoms with Crippen LogP contribution in [0.25, 0.3) is 16.7 Å². The van der Waals surface area contributed by atoms with E-state index in [0.717, 1.165) is 33.9 Å².